The van der Waals surface area contributed by atoms with E-state index in [1.54, 1.807) is 6.26 Å². The molecule has 2 aromatic heterocycles. The van der Waals surface area contributed by atoms with E-state index in [1.807, 2.05) is 12.1 Å². The summed E-state index contributed by atoms with van der Waals surface area (Å²) in [7, 11) is 2.08. The minimum atomic E-state index is 0.108. The van der Waals surface area contributed by atoms with Gasteiger partial charge >= 0.3 is 0 Å². The van der Waals surface area contributed by atoms with Gasteiger partial charge in [-0.2, -0.15) is 0 Å². The molecule has 2 fully saturated rings. The van der Waals surface area contributed by atoms with Gasteiger partial charge in [-0.05, 0) is 61.3 Å². The number of rotatable bonds is 5. The summed E-state index contributed by atoms with van der Waals surface area (Å²) in [5, 5.41) is 5.58. The highest BCUT2D eigenvalue weighted by atomic mass is 16.3. The zero-order valence-corrected chi connectivity index (χ0v) is 20.5. The highest BCUT2D eigenvalue weighted by molar-refractivity contribution is 5.97. The Balaban J connectivity index is 1.25. The molecule has 0 bridgehead atoms. The fourth-order valence-corrected chi connectivity index (χ4v) is 6.70. The molecule has 6 rings (SSSR count). The van der Waals surface area contributed by atoms with E-state index in [-0.39, 0.29) is 11.8 Å². The quantitative estimate of drug-likeness (QED) is 0.514. The van der Waals surface area contributed by atoms with Crippen molar-refractivity contribution in [2.75, 3.05) is 6.54 Å². The van der Waals surface area contributed by atoms with Crippen LogP contribution in [0.1, 0.15) is 56.9 Å². The summed E-state index contributed by atoms with van der Waals surface area (Å²) in [5.41, 5.74) is 12.3. The number of carbonyl (C=O) groups is 1. The molecule has 0 radical (unpaired) electrons. The van der Waals surface area contributed by atoms with Gasteiger partial charge in [0.05, 0.1) is 6.26 Å². The molecule has 4 unspecified atom stereocenters. The van der Waals surface area contributed by atoms with Crippen LogP contribution in [0.4, 0.5) is 0 Å². The van der Waals surface area contributed by atoms with Crippen LogP contribution in [0.15, 0.2) is 52.3 Å². The van der Waals surface area contributed by atoms with Crippen molar-refractivity contribution in [3.63, 3.8) is 0 Å². The summed E-state index contributed by atoms with van der Waals surface area (Å²) in [6, 6.07) is 10.6. The van der Waals surface area contributed by atoms with Crippen LogP contribution in [0, 0.1) is 11.8 Å². The molecule has 184 valence electrons. The van der Waals surface area contributed by atoms with Crippen LogP contribution < -0.4 is 16.5 Å². The van der Waals surface area contributed by atoms with Crippen LogP contribution >= 0.6 is 0 Å². The summed E-state index contributed by atoms with van der Waals surface area (Å²) in [6.07, 6.45) is 9.98. The van der Waals surface area contributed by atoms with Gasteiger partial charge in [0, 0.05) is 54.6 Å². The number of benzene rings is 1. The lowest BCUT2D eigenvalue weighted by Crippen LogP contribution is -2.54. The number of amides is 1. The maximum Gasteiger partial charge on any atom is 0.223 e. The number of hydrazone groups is 1. The first kappa shape index (κ1) is 22.2. The van der Waals surface area contributed by atoms with Crippen LogP contribution in [0.5, 0.6) is 0 Å². The Hall–Kier alpha value is -3.26. The normalized spacial score (nSPS) is 25.0. The predicted molar refractivity (Wildman–Crippen MR) is 136 cm³/mol. The number of piperidine rings is 1. The Kier molecular flexibility index (Phi) is 5.76. The summed E-state index contributed by atoms with van der Waals surface area (Å²) in [5.74, 6) is 3.07. The molecule has 1 amide bonds. The number of likely N-dealkylation sites (tertiary alicyclic amines) is 1. The van der Waals surface area contributed by atoms with E-state index >= 15 is 0 Å². The Morgan fingerprint density at radius 1 is 1.20 bits per heavy atom. The number of amidine groups is 1. The van der Waals surface area contributed by atoms with E-state index in [9.17, 15) is 4.79 Å². The van der Waals surface area contributed by atoms with Gasteiger partial charge in [0.15, 0.2) is 0 Å². The lowest BCUT2D eigenvalue weighted by atomic mass is 9.70. The second kappa shape index (κ2) is 9.07. The fourth-order valence-electron chi connectivity index (χ4n) is 6.70. The van der Waals surface area contributed by atoms with Gasteiger partial charge in [-0.3, -0.25) is 10.2 Å². The molecule has 3 aromatic rings. The molecule has 8 heteroatoms. The zero-order chi connectivity index (χ0) is 23.9. The number of aromatic nitrogens is 1. The molecular weight excluding hydrogens is 440 g/mol. The maximum absolute atomic E-state index is 13.8. The second-order valence-electron chi connectivity index (χ2n) is 10.3. The molecule has 35 heavy (non-hydrogen) atoms. The fraction of sp³-hybridized carbons (Fsp3) is 0.481. The van der Waals surface area contributed by atoms with Crippen molar-refractivity contribution in [2.45, 2.75) is 57.4 Å². The van der Waals surface area contributed by atoms with Crippen molar-refractivity contribution < 1.29 is 9.21 Å². The number of furan rings is 1. The third-order valence-electron chi connectivity index (χ3n) is 8.30. The van der Waals surface area contributed by atoms with Gasteiger partial charge in [0.2, 0.25) is 5.91 Å². The van der Waals surface area contributed by atoms with Gasteiger partial charge < -0.3 is 13.9 Å². The molecule has 1 aliphatic carbocycles. The van der Waals surface area contributed by atoms with Crippen molar-refractivity contribution in [3.05, 3.63) is 48.4 Å². The van der Waals surface area contributed by atoms with E-state index in [0.29, 0.717) is 24.3 Å². The topological polar surface area (TPSA) is 86.8 Å². The van der Waals surface area contributed by atoms with Gasteiger partial charge in [-0.25, -0.2) is 5.53 Å². The molecule has 1 saturated carbocycles. The SMILES string of the molecule is CC(CC(=O)N1CCCC2C(C3=NNNN3)CCCC21)c1cn(C)c2cccc(-c3ccco3)c12. The minimum Gasteiger partial charge on any atom is -0.464 e. The first-order valence-corrected chi connectivity index (χ1v) is 12.9. The number of nitrogens with one attached hydrogen (secondary N) is 3. The van der Waals surface area contributed by atoms with Crippen LogP contribution in [0.2, 0.25) is 0 Å². The maximum atomic E-state index is 13.8. The van der Waals surface area contributed by atoms with Gasteiger partial charge in [-0.15, -0.1) is 10.6 Å². The van der Waals surface area contributed by atoms with Crippen LogP contribution in [0.3, 0.4) is 0 Å². The summed E-state index contributed by atoms with van der Waals surface area (Å²) >= 11 is 0. The van der Waals surface area contributed by atoms with E-state index in [1.165, 1.54) is 10.9 Å². The van der Waals surface area contributed by atoms with Crippen LogP contribution in [0.25, 0.3) is 22.2 Å². The molecule has 0 spiro atoms. The average molecular weight is 475 g/mol. The Bertz CT molecular complexity index is 1250. The van der Waals surface area contributed by atoms with E-state index < -0.39 is 0 Å². The molecule has 1 saturated heterocycles. The second-order valence-corrected chi connectivity index (χ2v) is 10.3. The summed E-state index contributed by atoms with van der Waals surface area (Å²) in [4.78, 5) is 16.0. The molecule has 2 aliphatic heterocycles. The first-order valence-electron chi connectivity index (χ1n) is 12.9. The first-order chi connectivity index (χ1) is 17.1. The molecule has 8 nitrogen and oxygen atoms in total. The minimum absolute atomic E-state index is 0.108. The monoisotopic (exact) mass is 474 g/mol. The lowest BCUT2D eigenvalue weighted by Gasteiger charge is -2.47. The largest absolute Gasteiger partial charge is 0.464 e. The van der Waals surface area contributed by atoms with Crippen LogP contribution in [-0.2, 0) is 11.8 Å². The van der Waals surface area contributed by atoms with Crippen molar-refractivity contribution in [2.24, 2.45) is 24.0 Å². The highest BCUT2D eigenvalue weighted by Crippen LogP contribution is 2.41. The standard InChI is InChI=1S/C27H34N6O2/c1-17(21-16-32(2)23-11-4-8-20(26(21)23)24-12-6-14-35-24)15-25(34)33-13-5-9-18-19(7-3-10-22(18)33)27-28-30-31-29-27/h4,6,8,11-12,14,16-19,22,30-31H,3,5,7,9-10,13,15H2,1-2H3,(H,28,29). The predicted octanol–water partition coefficient (Wildman–Crippen LogP) is 4.27. The number of hydrogen-bond donors (Lipinski definition) is 3. The van der Waals surface area contributed by atoms with Gasteiger partial charge in [0.1, 0.15) is 11.6 Å². The number of carbonyl (C=O) groups excluding carboxylic acids is 1. The van der Waals surface area contributed by atoms with Crippen molar-refractivity contribution in [1.82, 2.24) is 26.0 Å². The van der Waals surface area contributed by atoms with Gasteiger partial charge in [0.25, 0.3) is 0 Å². The summed E-state index contributed by atoms with van der Waals surface area (Å²) < 4.78 is 7.92. The lowest BCUT2D eigenvalue weighted by molar-refractivity contribution is -0.138. The molecular formula is C27H34N6O2. The smallest absolute Gasteiger partial charge is 0.223 e. The molecule has 3 N–H and O–H groups in total. The van der Waals surface area contributed by atoms with E-state index in [2.05, 4.69) is 69.4 Å². The van der Waals surface area contributed by atoms with Crippen molar-refractivity contribution in [1.29, 1.82) is 0 Å². The van der Waals surface area contributed by atoms with Crippen molar-refractivity contribution >= 4 is 22.6 Å². The number of nitrogens with zero attached hydrogens (tertiary/aromatic N) is 3. The molecule has 1 aromatic carbocycles. The number of fused-ring (bicyclic) bond motifs is 2. The third-order valence-corrected chi connectivity index (χ3v) is 8.30. The Morgan fingerprint density at radius 2 is 2.11 bits per heavy atom. The van der Waals surface area contributed by atoms with E-state index in [0.717, 1.165) is 61.3 Å². The average Bonchev–Trinajstić information content (AvgIpc) is 3.65. The van der Waals surface area contributed by atoms with E-state index in [4.69, 9.17) is 4.42 Å². The number of hydrazine groups is 2. The zero-order valence-electron chi connectivity index (χ0n) is 20.5. The van der Waals surface area contributed by atoms with Crippen molar-refractivity contribution in [3.8, 4) is 11.3 Å². The highest BCUT2D eigenvalue weighted by Gasteiger charge is 2.43. The molecule has 3 aliphatic rings. The number of hydrogen-bond acceptors (Lipinski definition) is 6. The third kappa shape index (κ3) is 3.89. The molecule has 4 atom stereocenters. The summed E-state index contributed by atoms with van der Waals surface area (Å²) in [6.45, 7) is 3.05. The Morgan fingerprint density at radius 3 is 2.91 bits per heavy atom. The van der Waals surface area contributed by atoms with Gasteiger partial charge in [-0.1, -0.05) is 25.5 Å². The number of aryl methyl sites for hydroxylation is 1. The molecule has 4 heterocycles. The Labute approximate surface area is 205 Å². The van der Waals surface area contributed by atoms with Crippen LogP contribution in [-0.4, -0.2) is 33.8 Å².